The molecule has 104 valence electrons. The van der Waals surface area contributed by atoms with Crippen LogP contribution in [0.4, 0.5) is 0 Å². The zero-order valence-electron chi connectivity index (χ0n) is 12.3. The fraction of sp³-hybridized carbons (Fsp3) is 0.294. The summed E-state index contributed by atoms with van der Waals surface area (Å²) in [6.45, 7) is 10.2. The van der Waals surface area contributed by atoms with E-state index >= 15 is 0 Å². The molecule has 0 N–H and O–H groups in total. The van der Waals surface area contributed by atoms with Gasteiger partial charge >= 0.3 is 0 Å². The maximum atomic E-state index is 3.73. The van der Waals surface area contributed by atoms with Crippen molar-refractivity contribution in [1.82, 2.24) is 9.71 Å². The lowest BCUT2D eigenvalue weighted by atomic mass is 9.80. The van der Waals surface area contributed by atoms with Gasteiger partial charge in [0.1, 0.15) is 0 Å². The molecule has 0 radical (unpaired) electrons. The van der Waals surface area contributed by atoms with Gasteiger partial charge < -0.3 is 9.71 Å². The molecule has 3 heteroatoms. The first-order valence-electron chi connectivity index (χ1n) is 7.30. The van der Waals surface area contributed by atoms with E-state index in [2.05, 4.69) is 65.7 Å². The minimum absolute atomic E-state index is 1.06. The molecule has 0 unspecified atom stereocenters. The molecule has 1 aromatic carbocycles. The van der Waals surface area contributed by atoms with Gasteiger partial charge in [-0.2, -0.15) is 0 Å². The molecular weight excluding hydrogens is 243 g/mol. The highest BCUT2D eigenvalue weighted by molar-refractivity contribution is 6.50. The number of benzene rings is 1. The first-order chi connectivity index (χ1) is 9.83. The summed E-state index contributed by atoms with van der Waals surface area (Å²) in [5.74, 6) is 0. The predicted octanol–water partition coefficient (Wildman–Crippen LogP) is 1.93. The minimum atomic E-state index is 1.06. The Kier molecular flexibility index (Phi) is 5.69. The second-order valence-corrected chi connectivity index (χ2v) is 5.06. The number of rotatable bonds is 5. The Morgan fingerprint density at radius 1 is 1.15 bits per heavy atom. The molecule has 0 bridgehead atoms. The van der Waals surface area contributed by atoms with E-state index in [9.17, 15) is 0 Å². The van der Waals surface area contributed by atoms with Crippen LogP contribution in [0.3, 0.4) is 0 Å². The number of hydrogen-bond acceptors (Lipinski definition) is 2. The number of allylic oxidation sites excluding steroid dienone is 4. The maximum Gasteiger partial charge on any atom is 0.238 e. The fourth-order valence-electron chi connectivity index (χ4n) is 2.56. The quantitative estimate of drug-likeness (QED) is 0.593. The molecule has 1 fully saturated rings. The van der Waals surface area contributed by atoms with Crippen LogP contribution in [0.2, 0.25) is 0 Å². The highest BCUT2D eigenvalue weighted by Crippen LogP contribution is 2.10. The van der Waals surface area contributed by atoms with Gasteiger partial charge in [-0.25, -0.2) is 0 Å². The normalized spacial score (nSPS) is 17.4. The van der Waals surface area contributed by atoms with Crippen LogP contribution in [0.5, 0.6) is 0 Å². The van der Waals surface area contributed by atoms with Gasteiger partial charge in [0.2, 0.25) is 7.41 Å². The van der Waals surface area contributed by atoms with E-state index in [4.69, 9.17) is 0 Å². The summed E-state index contributed by atoms with van der Waals surface area (Å²) in [5, 5.41) is 0. The molecule has 0 aliphatic carbocycles. The van der Waals surface area contributed by atoms with Gasteiger partial charge in [0.25, 0.3) is 0 Å². The second kappa shape index (κ2) is 7.76. The van der Waals surface area contributed by atoms with Crippen molar-refractivity contribution in [2.24, 2.45) is 0 Å². The van der Waals surface area contributed by atoms with E-state index in [1.807, 2.05) is 12.2 Å². The van der Waals surface area contributed by atoms with Crippen LogP contribution >= 0.6 is 0 Å². The Bertz CT molecular complexity index is 471. The summed E-state index contributed by atoms with van der Waals surface area (Å²) in [5.41, 5.74) is 2.70. The molecule has 0 spiro atoms. The Morgan fingerprint density at radius 2 is 1.85 bits per heavy atom. The highest BCUT2D eigenvalue weighted by Gasteiger charge is 2.17. The van der Waals surface area contributed by atoms with E-state index in [-0.39, 0.29) is 0 Å². The Morgan fingerprint density at radius 3 is 2.45 bits per heavy atom. The molecule has 1 aliphatic rings. The third-order valence-corrected chi connectivity index (χ3v) is 3.69. The van der Waals surface area contributed by atoms with Crippen LogP contribution in [0, 0.1) is 0 Å². The molecule has 1 saturated heterocycles. The van der Waals surface area contributed by atoms with Crippen molar-refractivity contribution < 1.29 is 0 Å². The predicted molar refractivity (Wildman–Crippen MR) is 89.5 cm³/mol. The van der Waals surface area contributed by atoms with Gasteiger partial charge in [-0.1, -0.05) is 60.6 Å². The number of nitrogens with zero attached hydrogens (tertiary/aromatic N) is 2. The molecule has 0 saturated carbocycles. The van der Waals surface area contributed by atoms with Gasteiger partial charge in [-0.05, 0) is 13.0 Å². The van der Waals surface area contributed by atoms with Gasteiger partial charge in [0, 0.05) is 31.9 Å². The summed E-state index contributed by atoms with van der Waals surface area (Å²) < 4.78 is 0. The lowest BCUT2D eigenvalue weighted by molar-refractivity contribution is 0.237. The fourth-order valence-corrected chi connectivity index (χ4v) is 2.56. The molecule has 1 aliphatic heterocycles. The number of hydrogen-bond donors (Lipinski definition) is 0. The average Bonchev–Trinajstić information content (AvgIpc) is 2.50. The molecular formula is C17H23BN2. The van der Waals surface area contributed by atoms with E-state index in [0.717, 1.165) is 33.6 Å². The third-order valence-electron chi connectivity index (χ3n) is 3.69. The summed E-state index contributed by atoms with van der Waals surface area (Å²) in [7, 11) is 1.06. The zero-order chi connectivity index (χ0) is 14.2. The molecule has 0 aromatic heterocycles. The van der Waals surface area contributed by atoms with Crippen LogP contribution in [0.15, 0.2) is 66.9 Å². The van der Waals surface area contributed by atoms with Gasteiger partial charge in [-0.15, -0.1) is 0 Å². The molecule has 0 amide bonds. The number of piperazine rings is 1. The molecule has 20 heavy (non-hydrogen) atoms. The second-order valence-electron chi connectivity index (χ2n) is 5.06. The van der Waals surface area contributed by atoms with Crippen molar-refractivity contribution in [2.75, 3.05) is 26.2 Å². The monoisotopic (exact) mass is 266 g/mol. The van der Waals surface area contributed by atoms with Gasteiger partial charge in [0.15, 0.2) is 0 Å². The summed E-state index contributed by atoms with van der Waals surface area (Å²) >= 11 is 0. The van der Waals surface area contributed by atoms with Crippen LogP contribution in [-0.4, -0.2) is 43.3 Å². The lowest BCUT2D eigenvalue weighted by Crippen LogP contribution is -2.49. The van der Waals surface area contributed by atoms with E-state index in [0.29, 0.717) is 0 Å². The largest absolute Gasteiger partial charge is 0.369 e. The summed E-state index contributed by atoms with van der Waals surface area (Å²) in [6, 6.07) is 10.7. The molecule has 2 rings (SSSR count). The maximum absolute atomic E-state index is 3.73. The van der Waals surface area contributed by atoms with Crippen molar-refractivity contribution in [3.8, 4) is 0 Å². The SMILES string of the molecule is C=C/C=C\C(=C/C)N1CCN(Bc2ccccc2)CC1. The minimum Gasteiger partial charge on any atom is -0.369 e. The van der Waals surface area contributed by atoms with Crippen molar-refractivity contribution >= 4 is 12.9 Å². The first-order valence-corrected chi connectivity index (χ1v) is 7.30. The summed E-state index contributed by atoms with van der Waals surface area (Å²) in [6.07, 6.45) is 8.15. The van der Waals surface area contributed by atoms with Crippen LogP contribution < -0.4 is 5.46 Å². The zero-order valence-corrected chi connectivity index (χ0v) is 12.3. The smallest absolute Gasteiger partial charge is 0.238 e. The van der Waals surface area contributed by atoms with Crippen LogP contribution in [0.25, 0.3) is 0 Å². The topological polar surface area (TPSA) is 6.48 Å². The average molecular weight is 266 g/mol. The molecule has 0 atom stereocenters. The van der Waals surface area contributed by atoms with Crippen molar-refractivity contribution in [3.63, 3.8) is 0 Å². The first kappa shape index (κ1) is 14.7. The molecule has 1 aromatic rings. The van der Waals surface area contributed by atoms with Crippen molar-refractivity contribution in [3.05, 3.63) is 66.9 Å². The standard InChI is InChI=1S/C17H23BN2/c1-3-5-11-17(4-2)19-12-14-20(15-13-19)18-16-9-7-6-8-10-16/h3-11,18H,1,12-15H2,2H3/b11-5-,17-4+. The van der Waals surface area contributed by atoms with Crippen LogP contribution in [-0.2, 0) is 0 Å². The van der Waals surface area contributed by atoms with Gasteiger partial charge in [-0.3, -0.25) is 0 Å². The molecule has 2 nitrogen and oxygen atoms in total. The Hall–Kier alpha value is -1.74. The lowest BCUT2D eigenvalue weighted by Gasteiger charge is -2.36. The van der Waals surface area contributed by atoms with Crippen molar-refractivity contribution in [1.29, 1.82) is 0 Å². The van der Waals surface area contributed by atoms with Crippen molar-refractivity contribution in [2.45, 2.75) is 6.92 Å². The Labute approximate surface area is 123 Å². The third kappa shape index (κ3) is 4.14. The van der Waals surface area contributed by atoms with E-state index in [1.165, 1.54) is 11.2 Å². The summed E-state index contributed by atoms with van der Waals surface area (Å²) in [4.78, 5) is 4.97. The Balaban J connectivity index is 1.86. The van der Waals surface area contributed by atoms with Gasteiger partial charge in [0.05, 0.1) is 0 Å². The molecule has 1 heterocycles. The van der Waals surface area contributed by atoms with Crippen LogP contribution in [0.1, 0.15) is 6.92 Å². The van der Waals surface area contributed by atoms with E-state index < -0.39 is 0 Å². The highest BCUT2D eigenvalue weighted by atomic mass is 15.2. The van der Waals surface area contributed by atoms with E-state index in [1.54, 1.807) is 0 Å².